The van der Waals surface area contributed by atoms with Crippen LogP contribution in [0.1, 0.15) is 80.1 Å². The molecule has 0 amide bonds. The van der Waals surface area contributed by atoms with E-state index in [2.05, 4.69) is 65.8 Å². The maximum Gasteiger partial charge on any atom is 0.508 e. The van der Waals surface area contributed by atoms with Crippen LogP contribution in [0.25, 0.3) is 0 Å². The molecule has 0 aliphatic heterocycles. The molecule has 0 aliphatic rings. The summed E-state index contributed by atoms with van der Waals surface area (Å²) in [5.74, 6) is 0. The average Bonchev–Trinajstić information content (AvgIpc) is 2.55. The zero-order valence-electron chi connectivity index (χ0n) is 17.7. The van der Waals surface area contributed by atoms with Crippen LogP contribution in [0.15, 0.2) is 46.6 Å². The molecule has 148 valence electrons. The molecule has 0 aromatic heterocycles. The molecule has 0 rings (SSSR count). The zero-order valence-corrected chi connectivity index (χ0v) is 17.7. The smallest absolute Gasteiger partial charge is 0.434 e. The van der Waals surface area contributed by atoms with Crippen molar-refractivity contribution < 1.29 is 14.3 Å². The van der Waals surface area contributed by atoms with Gasteiger partial charge in [-0.15, -0.1) is 0 Å². The fourth-order valence-corrected chi connectivity index (χ4v) is 2.32. The van der Waals surface area contributed by atoms with Gasteiger partial charge >= 0.3 is 6.16 Å². The van der Waals surface area contributed by atoms with Crippen LogP contribution in [0, 0.1) is 0 Å². The largest absolute Gasteiger partial charge is 0.508 e. The van der Waals surface area contributed by atoms with Crippen molar-refractivity contribution in [3.8, 4) is 0 Å². The summed E-state index contributed by atoms with van der Waals surface area (Å²) in [4.78, 5) is 11.5. The number of carbonyl (C=O) groups is 1. The van der Waals surface area contributed by atoms with Crippen LogP contribution in [-0.2, 0) is 9.47 Å². The van der Waals surface area contributed by atoms with Gasteiger partial charge in [0.1, 0.15) is 0 Å². The minimum absolute atomic E-state index is 0.371. The molecule has 3 heteroatoms. The Morgan fingerprint density at radius 3 is 1.35 bits per heavy atom. The molecule has 0 spiro atoms. The Kier molecular flexibility index (Phi) is 14.4. The average molecular weight is 363 g/mol. The van der Waals surface area contributed by atoms with E-state index in [1.807, 2.05) is 0 Å². The summed E-state index contributed by atoms with van der Waals surface area (Å²) >= 11 is 0. The minimum Gasteiger partial charge on any atom is -0.434 e. The Morgan fingerprint density at radius 2 is 1.00 bits per heavy atom. The first-order valence-electron chi connectivity index (χ1n) is 9.68. The molecule has 0 radical (unpaired) electrons. The van der Waals surface area contributed by atoms with E-state index in [-0.39, 0.29) is 0 Å². The van der Waals surface area contributed by atoms with Crippen molar-refractivity contribution in [2.24, 2.45) is 0 Å². The predicted octanol–water partition coefficient (Wildman–Crippen LogP) is 7.31. The number of rotatable bonds is 12. The van der Waals surface area contributed by atoms with Gasteiger partial charge in [0, 0.05) is 0 Å². The molecule has 0 fully saturated rings. The lowest BCUT2D eigenvalue weighted by molar-refractivity contribution is 0.0577. The molecule has 3 nitrogen and oxygen atoms in total. The third kappa shape index (κ3) is 17.1. The molecule has 26 heavy (non-hydrogen) atoms. The fourth-order valence-electron chi connectivity index (χ4n) is 2.32. The van der Waals surface area contributed by atoms with E-state index in [4.69, 9.17) is 9.47 Å². The van der Waals surface area contributed by atoms with Gasteiger partial charge in [0.15, 0.2) is 0 Å². The van der Waals surface area contributed by atoms with Gasteiger partial charge in [-0.25, -0.2) is 4.79 Å². The Bertz CT molecular complexity index is 468. The fraction of sp³-hybridized carbons (Fsp3) is 0.609. The van der Waals surface area contributed by atoms with Gasteiger partial charge in [-0.2, -0.15) is 0 Å². The van der Waals surface area contributed by atoms with Gasteiger partial charge in [-0.05, 0) is 80.1 Å². The van der Waals surface area contributed by atoms with Gasteiger partial charge < -0.3 is 9.47 Å². The SMILES string of the molecule is CC(C)=CCCC(C)=CCCOC(=O)OCCC=C(C)CCC=C(C)C. The van der Waals surface area contributed by atoms with Crippen molar-refractivity contribution in [3.05, 3.63) is 46.6 Å². The molecular formula is C23H38O3. The Hall–Kier alpha value is -1.77. The second-order valence-corrected chi connectivity index (χ2v) is 7.27. The first-order valence-corrected chi connectivity index (χ1v) is 9.68. The van der Waals surface area contributed by atoms with Crippen LogP contribution in [0.3, 0.4) is 0 Å². The molecule has 0 aliphatic carbocycles. The van der Waals surface area contributed by atoms with Crippen molar-refractivity contribution in [2.45, 2.75) is 80.1 Å². The summed E-state index contributed by atoms with van der Waals surface area (Å²) in [6.07, 6.45) is 13.9. The van der Waals surface area contributed by atoms with E-state index in [9.17, 15) is 4.79 Å². The molecule has 0 bridgehead atoms. The van der Waals surface area contributed by atoms with E-state index in [1.165, 1.54) is 22.3 Å². The molecule has 0 saturated carbocycles. The summed E-state index contributed by atoms with van der Waals surface area (Å²) in [7, 11) is 0. The lowest BCUT2D eigenvalue weighted by atomic mass is 10.1. The lowest BCUT2D eigenvalue weighted by Crippen LogP contribution is -2.08. The van der Waals surface area contributed by atoms with Gasteiger partial charge in [-0.1, -0.05) is 46.6 Å². The van der Waals surface area contributed by atoms with E-state index in [0.29, 0.717) is 13.2 Å². The van der Waals surface area contributed by atoms with Crippen LogP contribution in [0.5, 0.6) is 0 Å². The molecule has 0 N–H and O–H groups in total. The summed E-state index contributed by atoms with van der Waals surface area (Å²) < 4.78 is 10.2. The molecule has 0 aromatic rings. The highest BCUT2D eigenvalue weighted by Crippen LogP contribution is 2.09. The van der Waals surface area contributed by atoms with Gasteiger partial charge in [0.05, 0.1) is 13.2 Å². The highest BCUT2D eigenvalue weighted by Gasteiger charge is 2.02. The van der Waals surface area contributed by atoms with Crippen LogP contribution < -0.4 is 0 Å². The molecule has 0 aromatic carbocycles. The summed E-state index contributed by atoms with van der Waals surface area (Å²) in [6.45, 7) is 13.4. The molecule has 0 atom stereocenters. The second kappa shape index (κ2) is 15.5. The van der Waals surface area contributed by atoms with Crippen LogP contribution >= 0.6 is 0 Å². The van der Waals surface area contributed by atoms with Gasteiger partial charge in [-0.3, -0.25) is 0 Å². The number of hydrogen-bond donors (Lipinski definition) is 0. The topological polar surface area (TPSA) is 35.5 Å². The first kappa shape index (κ1) is 24.2. The van der Waals surface area contributed by atoms with Gasteiger partial charge in [0.2, 0.25) is 0 Å². The predicted molar refractivity (Wildman–Crippen MR) is 111 cm³/mol. The quantitative estimate of drug-likeness (QED) is 0.207. The van der Waals surface area contributed by atoms with Gasteiger partial charge in [0.25, 0.3) is 0 Å². The van der Waals surface area contributed by atoms with Crippen molar-refractivity contribution in [2.75, 3.05) is 13.2 Å². The van der Waals surface area contributed by atoms with Crippen molar-refractivity contribution >= 4 is 6.16 Å². The van der Waals surface area contributed by atoms with Crippen LogP contribution in [0.4, 0.5) is 4.79 Å². The maximum atomic E-state index is 11.5. The molecule has 0 unspecified atom stereocenters. The van der Waals surface area contributed by atoms with E-state index in [1.54, 1.807) is 0 Å². The second-order valence-electron chi connectivity index (χ2n) is 7.27. The first-order chi connectivity index (χ1) is 12.3. The Labute approximate surface area is 160 Å². The molecular weight excluding hydrogens is 324 g/mol. The Morgan fingerprint density at radius 1 is 0.615 bits per heavy atom. The molecule has 0 heterocycles. The third-order valence-electron chi connectivity index (χ3n) is 3.84. The number of ether oxygens (including phenoxy) is 2. The van der Waals surface area contributed by atoms with Crippen molar-refractivity contribution in [1.82, 2.24) is 0 Å². The van der Waals surface area contributed by atoms with Crippen LogP contribution in [0.2, 0.25) is 0 Å². The van der Waals surface area contributed by atoms with Crippen molar-refractivity contribution in [1.29, 1.82) is 0 Å². The monoisotopic (exact) mass is 362 g/mol. The number of hydrogen-bond acceptors (Lipinski definition) is 3. The number of carbonyl (C=O) groups excluding carboxylic acids is 1. The van der Waals surface area contributed by atoms with Crippen LogP contribution in [-0.4, -0.2) is 19.4 Å². The minimum atomic E-state index is -0.573. The number of allylic oxidation sites excluding steroid dienone is 6. The standard InChI is InChI=1S/C23H38O3/c1-19(2)11-7-13-21(5)15-9-17-25-23(24)26-18-10-16-22(6)14-8-12-20(3)4/h11-12,15-16H,7-10,13-14,17-18H2,1-6H3. The highest BCUT2D eigenvalue weighted by atomic mass is 16.7. The van der Waals surface area contributed by atoms with E-state index < -0.39 is 6.16 Å². The summed E-state index contributed by atoms with van der Waals surface area (Å²) in [5, 5.41) is 0. The zero-order chi connectivity index (χ0) is 19.8. The normalized spacial score (nSPS) is 11.8. The lowest BCUT2D eigenvalue weighted by Gasteiger charge is -2.05. The summed E-state index contributed by atoms with van der Waals surface area (Å²) in [5.41, 5.74) is 5.35. The highest BCUT2D eigenvalue weighted by molar-refractivity contribution is 5.59. The van der Waals surface area contributed by atoms with Crippen molar-refractivity contribution in [3.63, 3.8) is 0 Å². The summed E-state index contributed by atoms with van der Waals surface area (Å²) in [6, 6.07) is 0. The van der Waals surface area contributed by atoms with E-state index >= 15 is 0 Å². The molecule has 0 saturated heterocycles. The Balaban J connectivity index is 3.77. The third-order valence-corrected chi connectivity index (χ3v) is 3.84. The maximum absolute atomic E-state index is 11.5. The van der Waals surface area contributed by atoms with E-state index in [0.717, 1.165) is 38.5 Å².